The standard InChI is InChI=1S/C7H14OS/c1-2-6-9-7-4-3-5-8-7/h7H,2-6H2,1H3. The maximum atomic E-state index is 5.42. The molecule has 2 heteroatoms. The second kappa shape index (κ2) is 4.18. The van der Waals surface area contributed by atoms with Crippen LogP contribution in [0.4, 0.5) is 0 Å². The van der Waals surface area contributed by atoms with E-state index < -0.39 is 0 Å². The van der Waals surface area contributed by atoms with Crippen molar-refractivity contribution in [1.82, 2.24) is 0 Å². The van der Waals surface area contributed by atoms with Gasteiger partial charge in [0, 0.05) is 6.61 Å². The summed E-state index contributed by atoms with van der Waals surface area (Å²) in [6, 6.07) is 0. The largest absolute Gasteiger partial charge is 0.368 e. The van der Waals surface area contributed by atoms with Crippen molar-refractivity contribution in [3.8, 4) is 0 Å². The molecule has 1 unspecified atom stereocenters. The number of hydrogen-bond donors (Lipinski definition) is 0. The minimum Gasteiger partial charge on any atom is -0.368 e. The van der Waals surface area contributed by atoms with Crippen LogP contribution in [0.2, 0.25) is 0 Å². The molecule has 1 nitrogen and oxygen atoms in total. The van der Waals surface area contributed by atoms with Crippen molar-refractivity contribution in [2.75, 3.05) is 12.4 Å². The van der Waals surface area contributed by atoms with Gasteiger partial charge in [0.15, 0.2) is 0 Å². The quantitative estimate of drug-likeness (QED) is 0.604. The lowest BCUT2D eigenvalue weighted by Crippen LogP contribution is -1.98. The highest BCUT2D eigenvalue weighted by Crippen LogP contribution is 2.23. The molecule has 0 saturated carbocycles. The van der Waals surface area contributed by atoms with E-state index >= 15 is 0 Å². The van der Waals surface area contributed by atoms with Gasteiger partial charge in [-0.15, -0.1) is 11.8 Å². The summed E-state index contributed by atoms with van der Waals surface area (Å²) in [5.41, 5.74) is 0.532. The third-order valence-electron chi connectivity index (χ3n) is 1.40. The van der Waals surface area contributed by atoms with Crippen LogP contribution in [0.15, 0.2) is 0 Å². The summed E-state index contributed by atoms with van der Waals surface area (Å²) >= 11 is 1.96. The minimum atomic E-state index is 0.532. The lowest BCUT2D eigenvalue weighted by atomic mass is 10.4. The Labute approximate surface area is 61.2 Å². The van der Waals surface area contributed by atoms with Gasteiger partial charge in [-0.1, -0.05) is 6.92 Å². The zero-order valence-corrected chi connectivity index (χ0v) is 6.75. The Bertz CT molecular complexity index is 69.3. The molecule has 0 radical (unpaired) electrons. The highest BCUT2D eigenvalue weighted by Gasteiger charge is 2.14. The fraction of sp³-hybridized carbons (Fsp3) is 1.00. The summed E-state index contributed by atoms with van der Waals surface area (Å²) < 4.78 is 5.42. The zero-order valence-electron chi connectivity index (χ0n) is 5.93. The molecule has 0 amide bonds. The molecule has 1 fully saturated rings. The van der Waals surface area contributed by atoms with Gasteiger partial charge in [0.1, 0.15) is 5.44 Å². The second-order valence-corrected chi connectivity index (χ2v) is 3.58. The third kappa shape index (κ3) is 2.59. The van der Waals surface area contributed by atoms with Crippen LogP contribution in [0.5, 0.6) is 0 Å². The van der Waals surface area contributed by atoms with Crippen LogP contribution in [0.1, 0.15) is 26.2 Å². The summed E-state index contributed by atoms with van der Waals surface area (Å²) in [6.07, 6.45) is 3.80. The molecule has 0 aliphatic carbocycles. The second-order valence-electron chi connectivity index (χ2n) is 2.31. The predicted molar refractivity (Wildman–Crippen MR) is 41.7 cm³/mol. The topological polar surface area (TPSA) is 9.23 Å². The summed E-state index contributed by atoms with van der Waals surface area (Å²) in [4.78, 5) is 0. The van der Waals surface area contributed by atoms with Crippen LogP contribution in [-0.4, -0.2) is 17.8 Å². The SMILES string of the molecule is CCCSC1CCCO1. The molecule has 0 aromatic rings. The van der Waals surface area contributed by atoms with Crippen LogP contribution in [-0.2, 0) is 4.74 Å². The summed E-state index contributed by atoms with van der Waals surface area (Å²) in [5, 5.41) is 0. The van der Waals surface area contributed by atoms with E-state index in [-0.39, 0.29) is 0 Å². The Kier molecular flexibility index (Phi) is 3.44. The smallest absolute Gasteiger partial charge is 0.103 e. The Morgan fingerprint density at radius 1 is 1.67 bits per heavy atom. The average molecular weight is 146 g/mol. The van der Waals surface area contributed by atoms with Gasteiger partial charge in [-0.3, -0.25) is 0 Å². The lowest BCUT2D eigenvalue weighted by molar-refractivity contribution is 0.173. The summed E-state index contributed by atoms with van der Waals surface area (Å²) in [5.74, 6) is 1.25. The highest BCUT2D eigenvalue weighted by molar-refractivity contribution is 7.99. The van der Waals surface area contributed by atoms with Crippen molar-refractivity contribution in [2.24, 2.45) is 0 Å². The van der Waals surface area contributed by atoms with Gasteiger partial charge in [0.2, 0.25) is 0 Å². The van der Waals surface area contributed by atoms with Gasteiger partial charge in [0.05, 0.1) is 0 Å². The summed E-state index contributed by atoms with van der Waals surface area (Å²) in [7, 11) is 0. The molecule has 1 rings (SSSR count). The monoisotopic (exact) mass is 146 g/mol. The molecule has 0 aromatic heterocycles. The molecule has 1 heterocycles. The van der Waals surface area contributed by atoms with Crippen molar-refractivity contribution < 1.29 is 4.74 Å². The summed E-state index contributed by atoms with van der Waals surface area (Å²) in [6.45, 7) is 3.20. The molecule has 1 saturated heterocycles. The van der Waals surface area contributed by atoms with E-state index in [0.29, 0.717) is 5.44 Å². The molecule has 54 valence electrons. The zero-order chi connectivity index (χ0) is 6.53. The molecular weight excluding hydrogens is 132 g/mol. The number of hydrogen-bond acceptors (Lipinski definition) is 2. The van der Waals surface area contributed by atoms with Gasteiger partial charge >= 0.3 is 0 Å². The Morgan fingerprint density at radius 3 is 3.11 bits per heavy atom. The van der Waals surface area contributed by atoms with Crippen molar-refractivity contribution in [2.45, 2.75) is 31.6 Å². The fourth-order valence-electron chi connectivity index (χ4n) is 0.929. The number of thioether (sulfide) groups is 1. The fourth-order valence-corrected chi connectivity index (χ4v) is 1.95. The van der Waals surface area contributed by atoms with Gasteiger partial charge in [-0.25, -0.2) is 0 Å². The molecule has 0 N–H and O–H groups in total. The van der Waals surface area contributed by atoms with Crippen LogP contribution >= 0.6 is 11.8 Å². The Morgan fingerprint density at radius 2 is 2.56 bits per heavy atom. The van der Waals surface area contributed by atoms with E-state index in [1.54, 1.807) is 0 Å². The predicted octanol–water partition coefficient (Wildman–Crippen LogP) is 2.27. The molecule has 0 bridgehead atoms. The van der Waals surface area contributed by atoms with Crippen molar-refractivity contribution in [3.63, 3.8) is 0 Å². The van der Waals surface area contributed by atoms with E-state index in [1.807, 2.05) is 11.8 Å². The highest BCUT2D eigenvalue weighted by atomic mass is 32.2. The Hall–Kier alpha value is 0.310. The first-order valence-corrected chi connectivity index (χ1v) is 4.71. The normalized spacial score (nSPS) is 27.0. The van der Waals surface area contributed by atoms with E-state index in [0.717, 1.165) is 6.61 Å². The molecule has 1 aliphatic heterocycles. The maximum absolute atomic E-state index is 5.42. The molecule has 9 heavy (non-hydrogen) atoms. The number of rotatable bonds is 3. The lowest BCUT2D eigenvalue weighted by Gasteiger charge is -2.05. The van der Waals surface area contributed by atoms with Gasteiger partial charge in [-0.2, -0.15) is 0 Å². The van der Waals surface area contributed by atoms with Gasteiger partial charge in [-0.05, 0) is 25.0 Å². The molecule has 0 aromatic carbocycles. The Balaban J connectivity index is 1.98. The van der Waals surface area contributed by atoms with E-state index in [9.17, 15) is 0 Å². The van der Waals surface area contributed by atoms with E-state index in [4.69, 9.17) is 4.74 Å². The van der Waals surface area contributed by atoms with Gasteiger partial charge < -0.3 is 4.74 Å². The van der Waals surface area contributed by atoms with Crippen molar-refractivity contribution in [1.29, 1.82) is 0 Å². The molecule has 0 spiro atoms. The average Bonchev–Trinajstić information content (AvgIpc) is 2.34. The van der Waals surface area contributed by atoms with Crippen LogP contribution < -0.4 is 0 Å². The minimum absolute atomic E-state index is 0.532. The van der Waals surface area contributed by atoms with E-state index in [1.165, 1.54) is 25.0 Å². The maximum Gasteiger partial charge on any atom is 0.103 e. The molecule has 1 atom stereocenters. The van der Waals surface area contributed by atoms with Gasteiger partial charge in [0.25, 0.3) is 0 Å². The number of ether oxygens (including phenoxy) is 1. The van der Waals surface area contributed by atoms with E-state index in [2.05, 4.69) is 6.92 Å². The first-order chi connectivity index (χ1) is 4.43. The van der Waals surface area contributed by atoms with Crippen LogP contribution in [0.25, 0.3) is 0 Å². The molecular formula is C7H14OS. The van der Waals surface area contributed by atoms with Crippen molar-refractivity contribution >= 4 is 11.8 Å². The van der Waals surface area contributed by atoms with Crippen LogP contribution in [0, 0.1) is 0 Å². The first-order valence-electron chi connectivity index (χ1n) is 3.66. The van der Waals surface area contributed by atoms with Crippen molar-refractivity contribution in [3.05, 3.63) is 0 Å². The van der Waals surface area contributed by atoms with Crippen LogP contribution in [0.3, 0.4) is 0 Å². The third-order valence-corrected chi connectivity index (χ3v) is 2.78. The molecule has 1 aliphatic rings. The first kappa shape index (κ1) is 7.42.